The summed E-state index contributed by atoms with van der Waals surface area (Å²) in [6.07, 6.45) is 11.5. The molecule has 0 bridgehead atoms. The number of thioether (sulfide) groups is 1. The van der Waals surface area contributed by atoms with Crippen LogP contribution in [0.1, 0.15) is 61.6 Å². The number of aromatic nitrogens is 2. The van der Waals surface area contributed by atoms with Gasteiger partial charge >= 0.3 is 0 Å². The highest BCUT2D eigenvalue weighted by Gasteiger charge is 2.10. The van der Waals surface area contributed by atoms with Crippen LogP contribution in [0, 0.1) is 0 Å². The van der Waals surface area contributed by atoms with Crippen LogP contribution >= 0.6 is 23.4 Å². The van der Waals surface area contributed by atoms with Crippen molar-refractivity contribution >= 4 is 23.4 Å². The van der Waals surface area contributed by atoms with Crippen LogP contribution in [0.2, 0.25) is 5.02 Å². The molecule has 0 amide bonds. The number of benzene rings is 2. The van der Waals surface area contributed by atoms with E-state index >= 15 is 0 Å². The van der Waals surface area contributed by atoms with Gasteiger partial charge in [0.25, 0.3) is 5.56 Å². The number of hydrogen-bond donors (Lipinski definition) is 1. The van der Waals surface area contributed by atoms with Gasteiger partial charge in [0.15, 0.2) is 5.16 Å². The van der Waals surface area contributed by atoms with E-state index in [4.69, 9.17) is 11.6 Å². The van der Waals surface area contributed by atoms with Gasteiger partial charge in [-0.1, -0.05) is 91.5 Å². The number of halogens is 1. The molecule has 0 fully saturated rings. The van der Waals surface area contributed by atoms with Crippen LogP contribution in [0.3, 0.4) is 0 Å². The smallest absolute Gasteiger partial charge is 0.277 e. The lowest BCUT2D eigenvalue weighted by Crippen LogP contribution is -2.20. The maximum atomic E-state index is 12.6. The average Bonchev–Trinajstić information content (AvgIpc) is 2.85. The van der Waals surface area contributed by atoms with Crippen LogP contribution in [0.15, 0.2) is 70.7 Å². The molecular formula is C28H35ClN2O2S. The molecule has 0 aliphatic rings. The summed E-state index contributed by atoms with van der Waals surface area (Å²) in [5.41, 5.74) is 3.01. The standard InChI is InChI=1S/C28H35ClN2O2S/c29-26-16-14-23(15-17-26)11-6-3-1-2-4-9-20-34-28-30-27(33)25(22-31(28)18-10-19-32)21-24-12-7-5-8-13-24/h5,7-8,12-17,22,32H,1-4,6,9-11,18-21H2. The molecule has 0 aliphatic carbocycles. The molecule has 182 valence electrons. The molecule has 0 atom stereocenters. The molecule has 1 aromatic heterocycles. The zero-order valence-corrected chi connectivity index (χ0v) is 21.4. The molecule has 1 heterocycles. The van der Waals surface area contributed by atoms with Crippen molar-refractivity contribution in [3.63, 3.8) is 0 Å². The summed E-state index contributed by atoms with van der Waals surface area (Å²) >= 11 is 7.59. The second-order valence-electron chi connectivity index (χ2n) is 8.63. The predicted molar refractivity (Wildman–Crippen MR) is 143 cm³/mol. The van der Waals surface area contributed by atoms with E-state index in [0.29, 0.717) is 24.9 Å². The number of aliphatic hydroxyl groups is 1. The third-order valence-corrected chi connectivity index (χ3v) is 7.16. The Labute approximate surface area is 212 Å². The summed E-state index contributed by atoms with van der Waals surface area (Å²) < 4.78 is 2.04. The van der Waals surface area contributed by atoms with Crippen LogP contribution in [-0.2, 0) is 19.4 Å². The molecule has 1 N–H and O–H groups in total. The van der Waals surface area contributed by atoms with Crippen molar-refractivity contribution in [2.45, 2.75) is 69.5 Å². The van der Waals surface area contributed by atoms with Crippen molar-refractivity contribution in [3.8, 4) is 0 Å². The van der Waals surface area contributed by atoms with E-state index in [1.165, 1.54) is 37.7 Å². The van der Waals surface area contributed by atoms with E-state index in [1.54, 1.807) is 11.8 Å². The fourth-order valence-electron chi connectivity index (χ4n) is 3.93. The second kappa shape index (κ2) is 15.0. The van der Waals surface area contributed by atoms with Gasteiger partial charge in [0, 0.05) is 42.1 Å². The van der Waals surface area contributed by atoms with Crippen molar-refractivity contribution in [3.05, 3.63) is 92.9 Å². The third kappa shape index (κ3) is 9.28. The molecule has 0 spiro atoms. The summed E-state index contributed by atoms with van der Waals surface area (Å²) in [7, 11) is 0. The van der Waals surface area contributed by atoms with Crippen molar-refractivity contribution < 1.29 is 5.11 Å². The maximum absolute atomic E-state index is 12.6. The number of nitrogens with zero attached hydrogens (tertiary/aromatic N) is 2. The van der Waals surface area contributed by atoms with Crippen LogP contribution in [0.4, 0.5) is 0 Å². The third-order valence-electron chi connectivity index (χ3n) is 5.83. The van der Waals surface area contributed by atoms with Gasteiger partial charge in [0.05, 0.1) is 0 Å². The van der Waals surface area contributed by atoms with E-state index in [0.717, 1.165) is 34.3 Å². The van der Waals surface area contributed by atoms with Crippen molar-refractivity contribution in [1.29, 1.82) is 0 Å². The summed E-state index contributed by atoms with van der Waals surface area (Å²) in [5.74, 6) is 0.953. The van der Waals surface area contributed by atoms with E-state index in [2.05, 4.69) is 17.1 Å². The fourth-order valence-corrected chi connectivity index (χ4v) is 5.04. The summed E-state index contributed by atoms with van der Waals surface area (Å²) in [4.78, 5) is 17.0. The molecule has 0 unspecified atom stereocenters. The lowest BCUT2D eigenvalue weighted by molar-refractivity contribution is 0.277. The Morgan fingerprint density at radius 3 is 2.29 bits per heavy atom. The SMILES string of the molecule is O=c1nc(SCCCCCCCCc2ccc(Cl)cc2)n(CCCO)cc1Cc1ccccc1. The first-order valence-corrected chi connectivity index (χ1v) is 13.6. The summed E-state index contributed by atoms with van der Waals surface area (Å²) in [6, 6.07) is 18.1. The molecule has 3 aromatic rings. The van der Waals surface area contributed by atoms with Gasteiger partial charge in [0.1, 0.15) is 0 Å². The van der Waals surface area contributed by atoms with Crippen molar-refractivity contribution in [2.75, 3.05) is 12.4 Å². The molecule has 0 aliphatic heterocycles. The number of rotatable bonds is 15. The minimum Gasteiger partial charge on any atom is -0.396 e. The van der Waals surface area contributed by atoms with Gasteiger partial charge in [-0.25, -0.2) is 0 Å². The quantitative estimate of drug-likeness (QED) is 0.147. The number of aryl methyl sites for hydroxylation is 2. The minimum atomic E-state index is -0.146. The lowest BCUT2D eigenvalue weighted by Gasteiger charge is -2.13. The Bertz CT molecular complexity index is 1040. The zero-order valence-electron chi connectivity index (χ0n) is 19.8. The molecule has 0 saturated carbocycles. The molecule has 6 heteroatoms. The van der Waals surface area contributed by atoms with E-state index in [1.807, 2.05) is 53.2 Å². The van der Waals surface area contributed by atoms with Crippen LogP contribution in [0.25, 0.3) is 0 Å². The highest BCUT2D eigenvalue weighted by atomic mass is 35.5. The normalized spacial score (nSPS) is 11.1. The van der Waals surface area contributed by atoms with Gasteiger partial charge in [-0.05, 0) is 48.9 Å². The second-order valence-corrected chi connectivity index (χ2v) is 10.1. The number of aliphatic hydroxyl groups excluding tert-OH is 1. The fraction of sp³-hybridized carbons (Fsp3) is 0.429. The first-order chi connectivity index (χ1) is 16.7. The predicted octanol–water partition coefficient (Wildman–Crippen LogP) is 6.55. The Kier molecular flexibility index (Phi) is 11.7. The van der Waals surface area contributed by atoms with Crippen LogP contribution in [0.5, 0.6) is 0 Å². The first-order valence-electron chi connectivity index (χ1n) is 12.3. The molecule has 2 aromatic carbocycles. The molecule has 0 saturated heterocycles. The summed E-state index contributed by atoms with van der Waals surface area (Å²) in [5, 5.41) is 10.8. The van der Waals surface area contributed by atoms with Gasteiger partial charge in [-0.15, -0.1) is 0 Å². The highest BCUT2D eigenvalue weighted by Crippen LogP contribution is 2.19. The first kappa shape index (κ1) is 26.5. The Morgan fingerprint density at radius 1 is 0.853 bits per heavy atom. The molecule has 4 nitrogen and oxygen atoms in total. The minimum absolute atomic E-state index is 0.127. The maximum Gasteiger partial charge on any atom is 0.277 e. The van der Waals surface area contributed by atoms with Crippen molar-refractivity contribution in [1.82, 2.24) is 9.55 Å². The van der Waals surface area contributed by atoms with Crippen LogP contribution < -0.4 is 5.56 Å². The van der Waals surface area contributed by atoms with E-state index < -0.39 is 0 Å². The van der Waals surface area contributed by atoms with Gasteiger partial charge < -0.3 is 9.67 Å². The number of unbranched alkanes of at least 4 members (excludes halogenated alkanes) is 5. The average molecular weight is 499 g/mol. The number of hydrogen-bond acceptors (Lipinski definition) is 4. The molecule has 0 radical (unpaired) electrons. The Hall–Kier alpha value is -2.08. The van der Waals surface area contributed by atoms with Crippen LogP contribution in [-0.4, -0.2) is 27.0 Å². The highest BCUT2D eigenvalue weighted by molar-refractivity contribution is 7.99. The zero-order chi connectivity index (χ0) is 24.0. The molecule has 34 heavy (non-hydrogen) atoms. The van der Waals surface area contributed by atoms with Gasteiger partial charge in [-0.3, -0.25) is 4.79 Å². The van der Waals surface area contributed by atoms with Gasteiger partial charge in [0.2, 0.25) is 0 Å². The largest absolute Gasteiger partial charge is 0.396 e. The molecular weight excluding hydrogens is 464 g/mol. The monoisotopic (exact) mass is 498 g/mol. The van der Waals surface area contributed by atoms with Gasteiger partial charge in [-0.2, -0.15) is 4.98 Å². The molecule has 3 rings (SSSR count). The summed E-state index contributed by atoms with van der Waals surface area (Å²) in [6.45, 7) is 0.795. The van der Waals surface area contributed by atoms with Crippen molar-refractivity contribution in [2.24, 2.45) is 0 Å². The van der Waals surface area contributed by atoms with E-state index in [9.17, 15) is 9.90 Å². The topological polar surface area (TPSA) is 55.1 Å². The Morgan fingerprint density at radius 2 is 1.56 bits per heavy atom. The Balaban J connectivity index is 1.40. The van der Waals surface area contributed by atoms with E-state index in [-0.39, 0.29) is 12.2 Å². The lowest BCUT2D eigenvalue weighted by atomic mass is 10.1.